The van der Waals surface area contributed by atoms with Gasteiger partial charge in [-0.1, -0.05) is 41.5 Å². The predicted molar refractivity (Wildman–Crippen MR) is 88.4 cm³/mol. The van der Waals surface area contributed by atoms with Crippen LogP contribution in [-0.2, 0) is 0 Å². The van der Waals surface area contributed by atoms with E-state index in [4.69, 9.17) is 0 Å². The van der Waals surface area contributed by atoms with Gasteiger partial charge < -0.3 is 0 Å². The minimum atomic E-state index is 0. The van der Waals surface area contributed by atoms with Crippen LogP contribution in [-0.4, -0.2) is 55.0 Å². The van der Waals surface area contributed by atoms with Gasteiger partial charge in [0.1, 0.15) is 0 Å². The standard InChI is InChI=1S/2C4H9.BrH.ClH.2Mg.2H3Si/c2*1-4(2)3;;;;;;/h2*1-3H3;2*1H;;;2*1H3. The van der Waals surface area contributed by atoms with Crippen molar-refractivity contribution in [3.63, 3.8) is 0 Å². The highest BCUT2D eigenvalue weighted by molar-refractivity contribution is 8.93. The first-order chi connectivity index (χ1) is 5.12. The summed E-state index contributed by atoms with van der Waals surface area (Å²) in [6.07, 6.45) is 0. The zero-order valence-corrected chi connectivity index (χ0v) is 20.6. The Bertz CT molecular complexity index is 98.9. The number of rotatable bonds is 0. The summed E-state index contributed by atoms with van der Waals surface area (Å²) >= 11 is 0.782. The molecule has 0 aliphatic carbocycles. The molecule has 0 atom stereocenters. The molecule has 0 aromatic carbocycles. The van der Waals surface area contributed by atoms with Crippen molar-refractivity contribution in [3.05, 3.63) is 0 Å². The summed E-state index contributed by atoms with van der Waals surface area (Å²) in [7, 11) is 2.97. The molecule has 0 heterocycles. The van der Waals surface area contributed by atoms with Crippen LogP contribution in [0.1, 0.15) is 41.5 Å². The Balaban J connectivity index is -0.0000000625. The summed E-state index contributed by atoms with van der Waals surface area (Å²) in [5.41, 5.74) is 0. The van der Waals surface area contributed by atoms with Crippen LogP contribution in [0.5, 0.6) is 0 Å². The van der Waals surface area contributed by atoms with Crippen LogP contribution in [0.25, 0.3) is 0 Å². The van der Waals surface area contributed by atoms with Crippen molar-refractivity contribution in [2.75, 3.05) is 0 Å². The topological polar surface area (TPSA) is 0 Å². The van der Waals surface area contributed by atoms with Gasteiger partial charge in [0.25, 0.3) is 0 Å². The van der Waals surface area contributed by atoms with Crippen molar-refractivity contribution in [2.45, 2.75) is 48.6 Å². The quantitative estimate of drug-likeness (QED) is 0.584. The molecule has 0 unspecified atom stereocenters. The minimum absolute atomic E-state index is 0. The molecule has 84 valence electrons. The van der Waals surface area contributed by atoms with E-state index < -0.39 is 0 Å². The highest BCUT2D eigenvalue weighted by Crippen LogP contribution is 2.17. The molecule has 0 aromatic heterocycles. The van der Waals surface area contributed by atoms with E-state index in [1.54, 1.807) is 0 Å². The fourth-order valence-corrected chi connectivity index (χ4v) is 0. The Kier molecular flexibility index (Phi) is 22.3. The molecule has 0 rings (SSSR count). The van der Waals surface area contributed by atoms with Crippen LogP contribution in [0.4, 0.5) is 0 Å². The van der Waals surface area contributed by atoms with Gasteiger partial charge in [-0.25, -0.2) is 0 Å². The fourth-order valence-electron chi connectivity index (χ4n) is 0. The van der Waals surface area contributed by atoms with Crippen molar-refractivity contribution in [2.24, 2.45) is 0 Å². The first-order valence-corrected chi connectivity index (χ1v) is 17.8. The smallest absolute Gasteiger partial charge is 0.147 e. The Morgan fingerprint density at radius 2 is 0.786 bits per heavy atom. The summed E-state index contributed by atoms with van der Waals surface area (Å²) < 4.78 is 1.48. The molecule has 0 nitrogen and oxygen atoms in total. The summed E-state index contributed by atoms with van der Waals surface area (Å²) in [5, 5.41) is 0. The normalized spacial score (nSPS) is 9.57. The lowest BCUT2D eigenvalue weighted by molar-refractivity contribution is 0.762. The number of hydrogen-bond donors (Lipinski definition) is 0. The number of hydrogen-bond acceptors (Lipinski definition) is 0. The van der Waals surface area contributed by atoms with Crippen LogP contribution in [0, 0.1) is 0 Å². The largest absolute Gasteiger partial charge is 0.358 e. The Hall–Kier alpha value is 2.74. The summed E-state index contributed by atoms with van der Waals surface area (Å²) in [6, 6.07) is 0. The van der Waals surface area contributed by atoms with E-state index in [-0.39, 0.29) is 29.4 Å². The second-order valence-corrected chi connectivity index (χ2v) is 15.7. The number of halogens is 2. The van der Waals surface area contributed by atoms with Gasteiger partial charge in [0, 0.05) is 0 Å². The maximum Gasteiger partial charge on any atom is 0.358 e. The molecule has 0 amide bonds. The van der Waals surface area contributed by atoms with Crippen LogP contribution in [0.15, 0.2) is 0 Å². The molecule has 14 heavy (non-hydrogen) atoms. The summed E-state index contributed by atoms with van der Waals surface area (Å²) in [4.78, 5) is 0. The second kappa shape index (κ2) is 12.2. The molecule has 0 aliphatic rings. The fraction of sp³-hybridized carbons (Fsp3) is 1.00. The monoisotopic (exact) mass is 340 g/mol. The maximum absolute atomic E-state index is 2.34. The van der Waals surface area contributed by atoms with Crippen LogP contribution in [0.2, 0.25) is 7.09 Å². The summed E-state index contributed by atoms with van der Waals surface area (Å²) in [6.45, 7) is 14.0. The van der Waals surface area contributed by atoms with Crippen molar-refractivity contribution in [3.8, 4) is 0 Å². The molecule has 6 heteroatoms. The molecule has 0 aliphatic heterocycles. The molecule has 0 N–H and O–H groups in total. The van der Waals surface area contributed by atoms with Crippen molar-refractivity contribution >= 4 is 84.4 Å². The average Bonchev–Trinajstić information content (AvgIpc) is 1.86. The van der Waals surface area contributed by atoms with Gasteiger partial charge in [-0.3, -0.25) is 0 Å². The molecule has 0 bridgehead atoms. The van der Waals surface area contributed by atoms with Crippen LogP contribution < -0.4 is 0 Å². The van der Waals surface area contributed by atoms with Crippen molar-refractivity contribution in [1.29, 1.82) is 0 Å². The Morgan fingerprint density at radius 1 is 0.714 bits per heavy atom. The third kappa shape index (κ3) is 36.4. The summed E-state index contributed by atoms with van der Waals surface area (Å²) in [5.74, 6) is 0. The maximum atomic E-state index is 2.34. The molecule has 0 radical (unpaired) electrons. The van der Waals surface area contributed by atoms with Crippen LogP contribution in [0.3, 0.4) is 0 Å². The lowest BCUT2D eigenvalue weighted by atomic mass is 10.2. The third-order valence-corrected chi connectivity index (χ3v) is 19.1. The lowest BCUT2D eigenvalue weighted by Gasteiger charge is -2.12. The van der Waals surface area contributed by atoms with Gasteiger partial charge >= 0.3 is 39.2 Å². The van der Waals surface area contributed by atoms with Crippen molar-refractivity contribution in [1.82, 2.24) is 0 Å². The van der Waals surface area contributed by atoms with E-state index in [0.717, 1.165) is 7.09 Å². The third-order valence-electron chi connectivity index (χ3n) is 2.12. The molecule has 0 saturated carbocycles. The SMILES string of the molecule is Br.C[C](C)(C)[Mg][SiH3].C[C](C)(C)[Mg][SiH3].Cl. The molecule has 0 fully saturated rings. The van der Waals surface area contributed by atoms with Gasteiger partial charge in [0.15, 0.2) is 0 Å². The molecule has 0 spiro atoms. The zero-order chi connectivity index (χ0) is 10.4. The average molecular weight is 342 g/mol. The van der Waals surface area contributed by atoms with Crippen molar-refractivity contribution < 1.29 is 0 Å². The van der Waals surface area contributed by atoms with E-state index in [1.807, 2.05) is 0 Å². The van der Waals surface area contributed by atoms with Gasteiger partial charge in [-0.05, 0) is 0 Å². The van der Waals surface area contributed by atoms with E-state index in [9.17, 15) is 0 Å². The second-order valence-electron chi connectivity index (χ2n) is 5.83. The Labute approximate surface area is 131 Å². The molecular weight excluding hydrogens is 316 g/mol. The van der Waals surface area contributed by atoms with E-state index in [0.29, 0.717) is 39.2 Å². The molecule has 0 aromatic rings. The minimum Gasteiger partial charge on any atom is -0.147 e. The highest BCUT2D eigenvalue weighted by atomic mass is 79.9. The van der Waals surface area contributed by atoms with Crippen LogP contribution >= 0.6 is 29.4 Å². The molecule has 0 saturated heterocycles. The van der Waals surface area contributed by atoms with Gasteiger partial charge in [-0.15, -0.1) is 52.3 Å². The predicted octanol–water partition coefficient (Wildman–Crippen LogP) is 1.38. The lowest BCUT2D eigenvalue weighted by Crippen LogP contribution is -2.06. The van der Waals surface area contributed by atoms with Gasteiger partial charge in [-0.2, -0.15) is 0 Å². The van der Waals surface area contributed by atoms with E-state index in [1.165, 1.54) is 15.8 Å². The van der Waals surface area contributed by atoms with Gasteiger partial charge in [0.2, 0.25) is 0 Å². The molecular formula is C8H26BrClMg2Si2. The zero-order valence-electron chi connectivity index (χ0n) is 11.2. The Morgan fingerprint density at radius 3 is 0.786 bits per heavy atom. The van der Waals surface area contributed by atoms with E-state index >= 15 is 0 Å². The highest BCUT2D eigenvalue weighted by Gasteiger charge is 2.07. The first-order valence-electron chi connectivity index (χ1n) is 5.12. The van der Waals surface area contributed by atoms with E-state index in [2.05, 4.69) is 41.5 Å². The van der Waals surface area contributed by atoms with Gasteiger partial charge in [0.05, 0.1) is 0 Å². The first kappa shape index (κ1) is 25.5.